The first-order valence-corrected chi connectivity index (χ1v) is 9.02. The van der Waals surface area contributed by atoms with Gasteiger partial charge in [-0.1, -0.05) is 12.1 Å². The van der Waals surface area contributed by atoms with Crippen LogP contribution in [0.5, 0.6) is 0 Å². The van der Waals surface area contributed by atoms with Gasteiger partial charge in [0, 0.05) is 19.8 Å². The van der Waals surface area contributed by atoms with Gasteiger partial charge in [-0.15, -0.1) is 0 Å². The topological polar surface area (TPSA) is 76.2 Å². The van der Waals surface area contributed by atoms with Gasteiger partial charge in [-0.25, -0.2) is 4.98 Å². The van der Waals surface area contributed by atoms with Gasteiger partial charge in [0.05, 0.1) is 12.1 Å². The van der Waals surface area contributed by atoms with Gasteiger partial charge in [-0.05, 0) is 44.5 Å². The zero-order valence-electron chi connectivity index (χ0n) is 15.1. The van der Waals surface area contributed by atoms with Gasteiger partial charge in [0.25, 0.3) is 5.91 Å². The molecule has 1 amide bonds. The smallest absolute Gasteiger partial charge is 0.271 e. The lowest BCUT2D eigenvalue weighted by atomic mass is 10.0. The van der Waals surface area contributed by atoms with Crippen molar-refractivity contribution in [3.63, 3.8) is 0 Å². The second-order valence-electron chi connectivity index (χ2n) is 6.75. The Morgan fingerprint density at radius 2 is 2.19 bits per heavy atom. The van der Waals surface area contributed by atoms with Crippen LogP contribution in [0.3, 0.4) is 0 Å². The standard InChI is InChI=1S/C19H23N5O2/c1-13(19-21-15-7-3-4-8-17(15)26-19)23-10-5-6-14(12-23)24-11-9-16(22-24)18(25)20-2/h3-4,7-9,11,13-14H,5-6,10,12H2,1-2H3,(H,20,25)/t13-,14-/m0/s1. The Hall–Kier alpha value is -2.67. The quantitative estimate of drug-likeness (QED) is 0.780. The molecule has 3 aromatic rings. The van der Waals surface area contributed by atoms with Crippen LogP contribution in [0.4, 0.5) is 0 Å². The Kier molecular flexibility index (Phi) is 4.46. The number of carbonyl (C=O) groups is 1. The molecule has 0 unspecified atom stereocenters. The molecule has 2 atom stereocenters. The second kappa shape index (κ2) is 6.92. The number of aromatic nitrogens is 3. The van der Waals surface area contributed by atoms with Crippen molar-refractivity contribution in [2.24, 2.45) is 0 Å². The number of rotatable bonds is 4. The summed E-state index contributed by atoms with van der Waals surface area (Å²) in [5.41, 5.74) is 2.17. The Labute approximate surface area is 152 Å². The van der Waals surface area contributed by atoms with E-state index in [0.717, 1.165) is 42.9 Å². The maximum absolute atomic E-state index is 11.7. The van der Waals surface area contributed by atoms with Crippen LogP contribution < -0.4 is 5.32 Å². The highest BCUT2D eigenvalue weighted by Gasteiger charge is 2.28. The average molecular weight is 353 g/mol. The van der Waals surface area contributed by atoms with Gasteiger partial charge in [0.2, 0.25) is 5.89 Å². The third-order valence-corrected chi connectivity index (χ3v) is 5.09. The number of fused-ring (bicyclic) bond motifs is 1. The number of para-hydroxylation sites is 2. The lowest BCUT2D eigenvalue weighted by Crippen LogP contribution is -2.38. The molecule has 1 N–H and O–H groups in total. The molecular formula is C19H23N5O2. The molecule has 0 bridgehead atoms. The first kappa shape index (κ1) is 16.8. The molecule has 1 aliphatic rings. The second-order valence-corrected chi connectivity index (χ2v) is 6.75. The van der Waals surface area contributed by atoms with Crippen molar-refractivity contribution in [3.8, 4) is 0 Å². The van der Waals surface area contributed by atoms with Gasteiger partial charge < -0.3 is 9.73 Å². The molecule has 0 aliphatic carbocycles. The van der Waals surface area contributed by atoms with E-state index in [1.807, 2.05) is 35.1 Å². The van der Waals surface area contributed by atoms with Crippen LogP contribution >= 0.6 is 0 Å². The van der Waals surface area contributed by atoms with E-state index in [1.54, 1.807) is 13.1 Å². The molecule has 0 saturated carbocycles. The number of amides is 1. The summed E-state index contributed by atoms with van der Waals surface area (Å²) in [6.07, 6.45) is 4.01. The maximum atomic E-state index is 11.7. The molecule has 1 aromatic carbocycles. The number of oxazole rings is 1. The number of hydrogen-bond acceptors (Lipinski definition) is 5. The molecule has 7 heteroatoms. The highest BCUT2D eigenvalue weighted by atomic mass is 16.3. The van der Waals surface area contributed by atoms with Crippen molar-refractivity contribution < 1.29 is 9.21 Å². The summed E-state index contributed by atoms with van der Waals surface area (Å²) in [7, 11) is 1.62. The molecule has 2 aromatic heterocycles. The Balaban J connectivity index is 1.50. The number of piperidine rings is 1. The van der Waals surface area contributed by atoms with Gasteiger partial charge >= 0.3 is 0 Å². The van der Waals surface area contributed by atoms with Crippen LogP contribution in [0.1, 0.15) is 48.2 Å². The molecule has 26 heavy (non-hydrogen) atoms. The number of nitrogens with zero attached hydrogens (tertiary/aromatic N) is 4. The lowest BCUT2D eigenvalue weighted by molar-refractivity contribution is 0.0952. The Morgan fingerprint density at radius 3 is 3.00 bits per heavy atom. The molecule has 1 aliphatic heterocycles. The Bertz CT molecular complexity index is 882. The summed E-state index contributed by atoms with van der Waals surface area (Å²) in [5, 5.41) is 7.06. The van der Waals surface area contributed by atoms with Crippen LogP contribution in [0.25, 0.3) is 11.1 Å². The van der Waals surface area contributed by atoms with Crippen LogP contribution in [0, 0.1) is 0 Å². The SMILES string of the molecule is CNC(=O)c1ccn([C@H]2CCCN([C@@H](C)c3nc4ccccc4o3)C2)n1. The van der Waals surface area contributed by atoms with Crippen molar-refractivity contribution in [1.29, 1.82) is 0 Å². The summed E-state index contributed by atoms with van der Waals surface area (Å²) in [6, 6.07) is 9.95. The predicted molar refractivity (Wildman–Crippen MR) is 97.9 cm³/mol. The van der Waals surface area contributed by atoms with E-state index in [-0.39, 0.29) is 18.0 Å². The van der Waals surface area contributed by atoms with Crippen LogP contribution in [0.15, 0.2) is 40.9 Å². The molecular weight excluding hydrogens is 330 g/mol. The zero-order valence-corrected chi connectivity index (χ0v) is 15.1. The van der Waals surface area contributed by atoms with Crippen molar-refractivity contribution in [2.45, 2.75) is 31.8 Å². The molecule has 1 fully saturated rings. The minimum Gasteiger partial charge on any atom is -0.439 e. The van der Waals surface area contributed by atoms with Crippen LogP contribution in [0.2, 0.25) is 0 Å². The van der Waals surface area contributed by atoms with E-state index in [2.05, 4.69) is 27.2 Å². The van der Waals surface area contributed by atoms with Crippen molar-refractivity contribution in [1.82, 2.24) is 25.0 Å². The largest absolute Gasteiger partial charge is 0.439 e. The molecule has 4 rings (SSSR count). The maximum Gasteiger partial charge on any atom is 0.271 e. The van der Waals surface area contributed by atoms with Crippen LogP contribution in [-0.4, -0.2) is 45.7 Å². The van der Waals surface area contributed by atoms with Crippen molar-refractivity contribution in [3.05, 3.63) is 48.1 Å². The first-order chi connectivity index (χ1) is 12.7. The molecule has 1 saturated heterocycles. The Morgan fingerprint density at radius 1 is 1.35 bits per heavy atom. The third kappa shape index (κ3) is 3.10. The number of nitrogens with one attached hydrogen (secondary N) is 1. The van der Waals surface area contributed by atoms with E-state index in [0.29, 0.717) is 5.69 Å². The van der Waals surface area contributed by atoms with E-state index in [9.17, 15) is 4.79 Å². The fourth-order valence-electron chi connectivity index (χ4n) is 3.57. The molecule has 136 valence electrons. The van der Waals surface area contributed by atoms with E-state index in [1.165, 1.54) is 0 Å². The van der Waals surface area contributed by atoms with Gasteiger partial charge in [0.15, 0.2) is 5.58 Å². The van der Waals surface area contributed by atoms with E-state index in [4.69, 9.17) is 4.42 Å². The van der Waals surface area contributed by atoms with Crippen molar-refractivity contribution in [2.75, 3.05) is 20.1 Å². The highest BCUT2D eigenvalue weighted by molar-refractivity contribution is 5.91. The summed E-state index contributed by atoms with van der Waals surface area (Å²) in [4.78, 5) is 18.7. The number of benzene rings is 1. The minimum absolute atomic E-state index is 0.0965. The highest BCUT2D eigenvalue weighted by Crippen LogP contribution is 2.30. The molecule has 7 nitrogen and oxygen atoms in total. The monoisotopic (exact) mass is 353 g/mol. The lowest BCUT2D eigenvalue weighted by Gasteiger charge is -2.35. The summed E-state index contributed by atoms with van der Waals surface area (Å²) >= 11 is 0. The fraction of sp³-hybridized carbons (Fsp3) is 0.421. The number of likely N-dealkylation sites (tertiary alicyclic amines) is 1. The molecule has 0 radical (unpaired) electrons. The minimum atomic E-state index is -0.156. The zero-order chi connectivity index (χ0) is 18.1. The van der Waals surface area contributed by atoms with Crippen LogP contribution in [-0.2, 0) is 0 Å². The number of hydrogen-bond donors (Lipinski definition) is 1. The normalized spacial score (nSPS) is 19.5. The van der Waals surface area contributed by atoms with Gasteiger partial charge in [-0.3, -0.25) is 14.4 Å². The van der Waals surface area contributed by atoms with E-state index >= 15 is 0 Å². The molecule has 0 spiro atoms. The summed E-state index contributed by atoms with van der Waals surface area (Å²) in [6.45, 7) is 3.99. The number of carbonyl (C=O) groups excluding carboxylic acids is 1. The first-order valence-electron chi connectivity index (χ1n) is 9.02. The van der Waals surface area contributed by atoms with Gasteiger partial charge in [0.1, 0.15) is 11.2 Å². The average Bonchev–Trinajstić information content (AvgIpc) is 3.34. The van der Waals surface area contributed by atoms with Gasteiger partial charge in [-0.2, -0.15) is 5.10 Å². The summed E-state index contributed by atoms with van der Waals surface area (Å²) < 4.78 is 7.86. The van der Waals surface area contributed by atoms with E-state index < -0.39 is 0 Å². The fourth-order valence-corrected chi connectivity index (χ4v) is 3.57. The molecule has 3 heterocycles. The van der Waals surface area contributed by atoms with Crippen molar-refractivity contribution >= 4 is 17.0 Å². The summed E-state index contributed by atoms with van der Waals surface area (Å²) in [5.74, 6) is 0.592. The predicted octanol–water partition coefficient (Wildman–Crippen LogP) is 2.78. The third-order valence-electron chi connectivity index (χ3n) is 5.09.